The third kappa shape index (κ3) is 4.33. The third-order valence-corrected chi connectivity index (χ3v) is 3.92. The lowest BCUT2D eigenvalue weighted by Gasteiger charge is -2.24. The van der Waals surface area contributed by atoms with Crippen LogP contribution >= 0.6 is 0 Å². The largest absolute Gasteiger partial charge is 0.494 e. The molecule has 2 rings (SSSR count). The summed E-state index contributed by atoms with van der Waals surface area (Å²) in [5, 5.41) is 2.68. The quantitative estimate of drug-likeness (QED) is 0.872. The van der Waals surface area contributed by atoms with Gasteiger partial charge in [-0.3, -0.25) is 9.69 Å². The summed E-state index contributed by atoms with van der Waals surface area (Å²) >= 11 is 0. The molecule has 6 heteroatoms. The van der Waals surface area contributed by atoms with Crippen molar-refractivity contribution in [1.82, 2.24) is 10.2 Å². The van der Waals surface area contributed by atoms with Gasteiger partial charge in [0.15, 0.2) is 11.6 Å². The Morgan fingerprint density at radius 2 is 1.92 bits per heavy atom. The molecule has 4 nitrogen and oxygen atoms in total. The number of rotatable bonds is 6. The Labute approximate surface area is 146 Å². The maximum absolute atomic E-state index is 14.0. The number of hydrogen-bond donors (Lipinski definition) is 1. The van der Waals surface area contributed by atoms with Crippen molar-refractivity contribution < 1.29 is 18.3 Å². The first kappa shape index (κ1) is 18.9. The predicted molar refractivity (Wildman–Crippen MR) is 92.4 cm³/mol. The molecule has 0 fully saturated rings. The maximum atomic E-state index is 14.0. The van der Waals surface area contributed by atoms with Gasteiger partial charge in [-0.1, -0.05) is 35.9 Å². The standard InChI is InChI=1S/C19H22F2N2O2/c1-12-6-5-7-13(10-12)18(23(2)3)19(24)22-11-14-8-9-15(25-4)17(21)16(14)20/h5-10,18H,11H2,1-4H3,(H,22,24). The molecule has 1 atom stereocenters. The molecule has 2 aromatic rings. The highest BCUT2D eigenvalue weighted by Gasteiger charge is 2.23. The number of nitrogens with one attached hydrogen (secondary N) is 1. The van der Waals surface area contributed by atoms with Crippen molar-refractivity contribution in [3.8, 4) is 5.75 Å². The topological polar surface area (TPSA) is 41.6 Å². The van der Waals surface area contributed by atoms with Gasteiger partial charge in [0.25, 0.3) is 0 Å². The van der Waals surface area contributed by atoms with Crippen LogP contribution in [0.15, 0.2) is 36.4 Å². The third-order valence-electron chi connectivity index (χ3n) is 3.92. The molecule has 0 heterocycles. The van der Waals surface area contributed by atoms with Crippen molar-refractivity contribution in [2.75, 3.05) is 21.2 Å². The minimum absolute atomic E-state index is 0.0633. The molecule has 0 bridgehead atoms. The van der Waals surface area contributed by atoms with E-state index in [-0.39, 0.29) is 23.8 Å². The Bertz CT molecular complexity index is 763. The Balaban J connectivity index is 2.16. The SMILES string of the molecule is COc1ccc(CNC(=O)C(c2cccc(C)c2)N(C)C)c(F)c1F. The van der Waals surface area contributed by atoms with E-state index < -0.39 is 17.7 Å². The van der Waals surface area contributed by atoms with Crippen LogP contribution in [-0.2, 0) is 11.3 Å². The van der Waals surface area contributed by atoms with Gasteiger partial charge in [-0.25, -0.2) is 4.39 Å². The Kier molecular flexibility index (Phi) is 6.09. The second kappa shape index (κ2) is 8.07. The number of carbonyl (C=O) groups excluding carboxylic acids is 1. The summed E-state index contributed by atoms with van der Waals surface area (Å²) in [7, 11) is 4.85. The molecular formula is C19H22F2N2O2. The monoisotopic (exact) mass is 348 g/mol. The van der Waals surface area contributed by atoms with Gasteiger partial charge in [0, 0.05) is 12.1 Å². The first-order valence-electron chi connectivity index (χ1n) is 7.86. The number of carbonyl (C=O) groups is 1. The van der Waals surface area contributed by atoms with Crippen molar-refractivity contribution >= 4 is 5.91 Å². The van der Waals surface area contributed by atoms with Crippen molar-refractivity contribution in [2.45, 2.75) is 19.5 Å². The van der Waals surface area contributed by atoms with E-state index in [0.29, 0.717) is 0 Å². The zero-order chi connectivity index (χ0) is 18.6. The molecule has 0 saturated heterocycles. The van der Waals surface area contributed by atoms with Gasteiger partial charge < -0.3 is 10.1 Å². The van der Waals surface area contributed by atoms with Gasteiger partial charge in [0.05, 0.1) is 7.11 Å². The Hall–Kier alpha value is -2.47. The number of nitrogens with zero attached hydrogens (tertiary/aromatic N) is 1. The predicted octanol–water partition coefficient (Wildman–Crippen LogP) is 3.20. The summed E-state index contributed by atoms with van der Waals surface area (Å²) in [6.07, 6.45) is 0. The smallest absolute Gasteiger partial charge is 0.242 e. The summed E-state index contributed by atoms with van der Waals surface area (Å²) in [5.41, 5.74) is 1.94. The van der Waals surface area contributed by atoms with Crippen molar-refractivity contribution in [3.05, 3.63) is 64.7 Å². The molecule has 0 spiro atoms. The normalized spacial score (nSPS) is 12.1. The van der Waals surface area contributed by atoms with E-state index in [1.54, 1.807) is 19.0 Å². The summed E-state index contributed by atoms with van der Waals surface area (Å²) in [6.45, 7) is 1.84. The summed E-state index contributed by atoms with van der Waals surface area (Å²) in [5.74, 6) is -2.53. The van der Waals surface area contributed by atoms with E-state index in [2.05, 4.69) is 5.32 Å². The number of halogens is 2. The van der Waals surface area contributed by atoms with Crippen LogP contribution in [0, 0.1) is 18.6 Å². The molecule has 0 aliphatic heterocycles. The molecule has 1 unspecified atom stereocenters. The van der Waals surface area contributed by atoms with E-state index in [1.807, 2.05) is 31.2 Å². The van der Waals surface area contributed by atoms with Gasteiger partial charge in [-0.05, 0) is 32.6 Å². The molecule has 2 aromatic carbocycles. The number of likely N-dealkylation sites (N-methyl/N-ethyl adjacent to an activating group) is 1. The minimum Gasteiger partial charge on any atom is -0.494 e. The lowest BCUT2D eigenvalue weighted by Crippen LogP contribution is -2.37. The zero-order valence-electron chi connectivity index (χ0n) is 14.8. The van der Waals surface area contributed by atoms with Crippen molar-refractivity contribution in [2.24, 2.45) is 0 Å². The first-order valence-corrected chi connectivity index (χ1v) is 7.86. The van der Waals surface area contributed by atoms with E-state index >= 15 is 0 Å². The van der Waals surface area contributed by atoms with Crippen molar-refractivity contribution in [3.63, 3.8) is 0 Å². The van der Waals surface area contributed by atoms with E-state index in [1.165, 1.54) is 19.2 Å². The average Bonchev–Trinajstić information content (AvgIpc) is 2.56. The number of amides is 1. The Morgan fingerprint density at radius 1 is 1.20 bits per heavy atom. The molecular weight excluding hydrogens is 326 g/mol. The van der Waals surface area contributed by atoms with Crippen LogP contribution in [0.4, 0.5) is 8.78 Å². The second-order valence-electron chi connectivity index (χ2n) is 6.05. The highest BCUT2D eigenvalue weighted by atomic mass is 19.2. The number of benzene rings is 2. The van der Waals surface area contributed by atoms with Crippen LogP contribution in [0.25, 0.3) is 0 Å². The fourth-order valence-electron chi connectivity index (χ4n) is 2.67. The fourth-order valence-corrected chi connectivity index (χ4v) is 2.67. The first-order chi connectivity index (χ1) is 11.8. The van der Waals surface area contributed by atoms with Crippen LogP contribution in [0.5, 0.6) is 5.75 Å². The molecule has 134 valence electrons. The van der Waals surface area contributed by atoms with Gasteiger partial charge >= 0.3 is 0 Å². The summed E-state index contributed by atoms with van der Waals surface area (Å²) in [4.78, 5) is 14.4. The molecule has 25 heavy (non-hydrogen) atoms. The zero-order valence-corrected chi connectivity index (χ0v) is 14.8. The second-order valence-corrected chi connectivity index (χ2v) is 6.05. The van der Waals surface area contributed by atoms with Gasteiger partial charge in [0.1, 0.15) is 6.04 Å². The van der Waals surface area contributed by atoms with Crippen LogP contribution < -0.4 is 10.1 Å². The average molecular weight is 348 g/mol. The van der Waals surface area contributed by atoms with Crippen LogP contribution in [0.1, 0.15) is 22.7 Å². The maximum Gasteiger partial charge on any atom is 0.242 e. The summed E-state index contributed by atoms with van der Waals surface area (Å²) < 4.78 is 32.5. The molecule has 0 saturated carbocycles. The number of ether oxygens (including phenoxy) is 1. The lowest BCUT2D eigenvalue weighted by molar-refractivity contribution is -0.125. The van der Waals surface area contributed by atoms with Gasteiger partial charge in [-0.2, -0.15) is 4.39 Å². The van der Waals surface area contributed by atoms with Gasteiger partial charge in [-0.15, -0.1) is 0 Å². The molecule has 1 N–H and O–H groups in total. The molecule has 0 aliphatic rings. The molecule has 1 amide bonds. The minimum atomic E-state index is -1.06. The van der Waals surface area contributed by atoms with Crippen LogP contribution in [0.2, 0.25) is 0 Å². The molecule has 0 radical (unpaired) electrons. The van der Waals surface area contributed by atoms with Crippen LogP contribution in [0.3, 0.4) is 0 Å². The fraction of sp³-hybridized carbons (Fsp3) is 0.316. The van der Waals surface area contributed by atoms with E-state index in [4.69, 9.17) is 4.74 Å². The highest BCUT2D eigenvalue weighted by Crippen LogP contribution is 2.23. The molecule has 0 aromatic heterocycles. The Morgan fingerprint density at radius 3 is 2.52 bits per heavy atom. The highest BCUT2D eigenvalue weighted by molar-refractivity contribution is 5.83. The van der Waals surface area contributed by atoms with Crippen molar-refractivity contribution in [1.29, 1.82) is 0 Å². The number of methoxy groups -OCH3 is 1. The lowest BCUT2D eigenvalue weighted by atomic mass is 10.0. The number of aryl methyl sites for hydroxylation is 1. The van der Waals surface area contributed by atoms with Gasteiger partial charge in [0.2, 0.25) is 11.7 Å². The summed E-state index contributed by atoms with van der Waals surface area (Å²) in [6, 6.07) is 9.84. The molecule has 0 aliphatic carbocycles. The van der Waals surface area contributed by atoms with E-state index in [9.17, 15) is 13.6 Å². The van der Waals surface area contributed by atoms with Crippen LogP contribution in [-0.4, -0.2) is 32.0 Å². The number of hydrogen-bond acceptors (Lipinski definition) is 3. The van der Waals surface area contributed by atoms with E-state index in [0.717, 1.165) is 11.1 Å².